The zero-order chi connectivity index (χ0) is 18.0. The molecule has 3 aromatic rings. The maximum atomic E-state index is 12.7. The van der Waals surface area contributed by atoms with Crippen molar-refractivity contribution in [2.45, 2.75) is 30.5 Å². The van der Waals surface area contributed by atoms with Crippen LogP contribution in [0.5, 0.6) is 0 Å². The Morgan fingerprint density at radius 3 is 2.44 bits per heavy atom. The Morgan fingerprint density at radius 2 is 1.76 bits per heavy atom. The van der Waals surface area contributed by atoms with Crippen molar-refractivity contribution in [2.75, 3.05) is 0 Å². The Balaban J connectivity index is 2.17. The van der Waals surface area contributed by atoms with Gasteiger partial charge in [-0.2, -0.15) is 0 Å². The molecule has 0 aliphatic rings. The second-order valence-corrected chi connectivity index (χ2v) is 6.84. The Labute approximate surface area is 149 Å². The topological polar surface area (TPSA) is 69.8 Å². The summed E-state index contributed by atoms with van der Waals surface area (Å²) in [5, 5.41) is 1.04. The van der Waals surface area contributed by atoms with Crippen LogP contribution in [0, 0.1) is 0 Å². The number of hydrogen-bond acceptors (Lipinski definition) is 5. The van der Waals surface area contributed by atoms with Crippen molar-refractivity contribution >= 4 is 22.8 Å². The average Bonchev–Trinajstić information content (AvgIpc) is 2.63. The number of hydrogen-bond donors (Lipinski definition) is 0. The van der Waals surface area contributed by atoms with Crippen molar-refractivity contribution in [1.82, 2.24) is 19.1 Å². The first kappa shape index (κ1) is 17.4. The van der Waals surface area contributed by atoms with E-state index in [4.69, 9.17) is 0 Å². The van der Waals surface area contributed by atoms with Crippen LogP contribution in [-0.4, -0.2) is 19.1 Å². The molecule has 7 heteroatoms. The summed E-state index contributed by atoms with van der Waals surface area (Å²) < 4.78 is 2.53. The van der Waals surface area contributed by atoms with Crippen LogP contribution in [0.25, 0.3) is 11.0 Å². The van der Waals surface area contributed by atoms with Gasteiger partial charge in [-0.05, 0) is 12.0 Å². The number of fused-ring (bicyclic) bond motifs is 1. The minimum atomic E-state index is -0.377. The van der Waals surface area contributed by atoms with E-state index in [1.165, 1.54) is 23.4 Å². The van der Waals surface area contributed by atoms with Crippen molar-refractivity contribution < 1.29 is 0 Å². The normalized spacial score (nSPS) is 11.2. The van der Waals surface area contributed by atoms with Gasteiger partial charge in [-0.25, -0.2) is 14.8 Å². The maximum absolute atomic E-state index is 12.7. The van der Waals surface area contributed by atoms with Crippen LogP contribution in [0.3, 0.4) is 0 Å². The summed E-state index contributed by atoms with van der Waals surface area (Å²) in [6.45, 7) is 2.05. The molecule has 0 saturated carbocycles. The number of aryl methyl sites for hydroxylation is 2. The summed E-state index contributed by atoms with van der Waals surface area (Å²) in [6, 6.07) is 10.0. The van der Waals surface area contributed by atoms with Gasteiger partial charge in [-0.1, -0.05) is 37.3 Å². The van der Waals surface area contributed by atoms with Crippen LogP contribution in [0.1, 0.15) is 24.7 Å². The third-order valence-corrected chi connectivity index (χ3v) is 5.05. The lowest BCUT2D eigenvalue weighted by Gasteiger charge is -2.11. The van der Waals surface area contributed by atoms with Gasteiger partial charge in [0.25, 0.3) is 5.56 Å². The fourth-order valence-electron chi connectivity index (χ4n) is 2.64. The molecule has 0 spiro atoms. The Kier molecular flexibility index (Phi) is 5.03. The van der Waals surface area contributed by atoms with Gasteiger partial charge < -0.3 is 0 Å². The maximum Gasteiger partial charge on any atom is 0.332 e. The monoisotopic (exact) mass is 356 g/mol. The predicted octanol–water partition coefficient (Wildman–Crippen LogP) is 2.27. The SMILES string of the molecule is CCCc1nc(SCc2ccccc2)c2c(=O)n(C)c(=O)n(C)c2n1. The number of benzene rings is 1. The molecule has 0 atom stereocenters. The summed E-state index contributed by atoms with van der Waals surface area (Å²) >= 11 is 1.50. The van der Waals surface area contributed by atoms with E-state index in [1.54, 1.807) is 7.05 Å². The highest BCUT2D eigenvalue weighted by Gasteiger charge is 2.17. The van der Waals surface area contributed by atoms with E-state index in [-0.39, 0.29) is 11.2 Å². The molecule has 2 heterocycles. The molecule has 0 aliphatic heterocycles. The second-order valence-electron chi connectivity index (χ2n) is 5.87. The molecular formula is C18H20N4O2S. The summed E-state index contributed by atoms with van der Waals surface area (Å²) in [5.41, 5.74) is 0.828. The van der Waals surface area contributed by atoms with Crippen molar-refractivity contribution in [2.24, 2.45) is 14.1 Å². The molecule has 2 aromatic heterocycles. The minimum Gasteiger partial charge on any atom is -0.280 e. The zero-order valence-corrected chi connectivity index (χ0v) is 15.3. The van der Waals surface area contributed by atoms with E-state index in [0.717, 1.165) is 16.6 Å². The summed E-state index contributed by atoms with van der Waals surface area (Å²) in [6.07, 6.45) is 1.60. The molecule has 1 aromatic carbocycles. The van der Waals surface area contributed by atoms with E-state index in [9.17, 15) is 9.59 Å². The molecule has 0 saturated heterocycles. The summed E-state index contributed by atoms with van der Waals surface area (Å²) in [7, 11) is 3.12. The van der Waals surface area contributed by atoms with Gasteiger partial charge in [-0.15, -0.1) is 11.8 Å². The van der Waals surface area contributed by atoms with Gasteiger partial charge in [0, 0.05) is 26.3 Å². The molecule has 130 valence electrons. The summed E-state index contributed by atoms with van der Waals surface area (Å²) in [5.74, 6) is 1.36. The number of nitrogens with zero attached hydrogens (tertiary/aromatic N) is 4. The number of aromatic nitrogens is 4. The van der Waals surface area contributed by atoms with Crippen molar-refractivity contribution in [1.29, 1.82) is 0 Å². The number of rotatable bonds is 5. The molecular weight excluding hydrogens is 336 g/mol. The smallest absolute Gasteiger partial charge is 0.280 e. The van der Waals surface area contributed by atoms with Crippen LogP contribution < -0.4 is 11.2 Å². The highest BCUT2D eigenvalue weighted by Crippen LogP contribution is 2.25. The quantitative estimate of drug-likeness (QED) is 0.518. The Morgan fingerprint density at radius 1 is 1.04 bits per heavy atom. The van der Waals surface area contributed by atoms with Gasteiger partial charge >= 0.3 is 5.69 Å². The zero-order valence-electron chi connectivity index (χ0n) is 14.5. The van der Waals surface area contributed by atoms with Gasteiger partial charge in [0.05, 0.1) is 0 Å². The van der Waals surface area contributed by atoms with Crippen molar-refractivity contribution in [3.05, 3.63) is 62.6 Å². The molecule has 0 unspecified atom stereocenters. The van der Waals surface area contributed by atoms with E-state index in [1.807, 2.05) is 37.3 Å². The van der Waals surface area contributed by atoms with Gasteiger partial charge in [0.15, 0.2) is 5.65 Å². The molecule has 0 N–H and O–H groups in total. The largest absolute Gasteiger partial charge is 0.332 e. The number of thioether (sulfide) groups is 1. The van der Waals surface area contributed by atoms with E-state index in [0.29, 0.717) is 34.1 Å². The van der Waals surface area contributed by atoms with Crippen LogP contribution in [0.15, 0.2) is 44.9 Å². The first-order chi connectivity index (χ1) is 12.0. The highest BCUT2D eigenvalue weighted by molar-refractivity contribution is 7.98. The predicted molar refractivity (Wildman–Crippen MR) is 100 cm³/mol. The van der Waals surface area contributed by atoms with Crippen LogP contribution in [-0.2, 0) is 26.3 Å². The molecule has 0 aliphatic carbocycles. The van der Waals surface area contributed by atoms with Crippen molar-refractivity contribution in [3.63, 3.8) is 0 Å². The molecule has 3 rings (SSSR count). The lowest BCUT2D eigenvalue weighted by molar-refractivity contribution is 0.696. The van der Waals surface area contributed by atoms with E-state index >= 15 is 0 Å². The van der Waals surface area contributed by atoms with Gasteiger partial charge in [-0.3, -0.25) is 13.9 Å². The fraction of sp³-hybridized carbons (Fsp3) is 0.333. The first-order valence-corrected chi connectivity index (χ1v) is 9.14. The molecule has 0 amide bonds. The first-order valence-electron chi connectivity index (χ1n) is 8.16. The van der Waals surface area contributed by atoms with Crippen LogP contribution in [0.4, 0.5) is 0 Å². The highest BCUT2D eigenvalue weighted by atomic mass is 32.2. The third-order valence-electron chi connectivity index (χ3n) is 4.01. The fourth-order valence-corrected chi connectivity index (χ4v) is 3.63. The van der Waals surface area contributed by atoms with E-state index in [2.05, 4.69) is 9.97 Å². The second kappa shape index (κ2) is 7.23. The molecule has 0 radical (unpaired) electrons. The Hall–Kier alpha value is -2.41. The van der Waals surface area contributed by atoms with Crippen LogP contribution >= 0.6 is 11.8 Å². The van der Waals surface area contributed by atoms with E-state index < -0.39 is 0 Å². The molecule has 0 bridgehead atoms. The third kappa shape index (κ3) is 3.37. The summed E-state index contributed by atoms with van der Waals surface area (Å²) in [4.78, 5) is 34.0. The lowest BCUT2D eigenvalue weighted by Crippen LogP contribution is -2.37. The lowest BCUT2D eigenvalue weighted by atomic mass is 10.2. The molecule has 25 heavy (non-hydrogen) atoms. The van der Waals surface area contributed by atoms with Crippen LogP contribution in [0.2, 0.25) is 0 Å². The molecule has 0 fully saturated rings. The van der Waals surface area contributed by atoms with Crippen molar-refractivity contribution in [3.8, 4) is 0 Å². The average molecular weight is 356 g/mol. The standard InChI is InChI=1S/C18H20N4O2S/c1-4-8-13-19-15-14(17(23)22(3)18(24)21(15)2)16(20-13)25-11-12-9-6-5-7-10-12/h5-7,9-10H,4,8,11H2,1-3H3. The molecule has 6 nitrogen and oxygen atoms in total. The Bertz CT molecular complexity index is 1030. The van der Waals surface area contributed by atoms with Gasteiger partial charge in [0.1, 0.15) is 16.2 Å². The minimum absolute atomic E-state index is 0.350. The van der Waals surface area contributed by atoms with Gasteiger partial charge in [0.2, 0.25) is 0 Å².